The van der Waals surface area contributed by atoms with Crippen LogP contribution in [0.4, 0.5) is 0 Å². The van der Waals surface area contributed by atoms with Crippen LogP contribution in [0.5, 0.6) is 0 Å². The van der Waals surface area contributed by atoms with Crippen LogP contribution in [0.15, 0.2) is 24.3 Å². The van der Waals surface area contributed by atoms with Crippen LogP contribution in [0.25, 0.3) is 0 Å². The van der Waals surface area contributed by atoms with Crippen molar-refractivity contribution in [3.8, 4) is 0 Å². The first-order valence-corrected chi connectivity index (χ1v) is 5.99. The fourth-order valence-corrected chi connectivity index (χ4v) is 2.07. The molecule has 1 aromatic carbocycles. The molecule has 2 heteroatoms. The van der Waals surface area contributed by atoms with Gasteiger partial charge in [0.15, 0.2) is 0 Å². The maximum atomic E-state index is 10.0. The zero-order valence-corrected chi connectivity index (χ0v) is 10.2. The molecular formula is C13H19ClO. The molecule has 1 aromatic rings. The molecular weight excluding hydrogens is 208 g/mol. The van der Waals surface area contributed by atoms with E-state index in [1.807, 2.05) is 24.3 Å². The summed E-state index contributed by atoms with van der Waals surface area (Å²) < 4.78 is 0. The third-order valence-corrected chi connectivity index (χ3v) is 3.32. The lowest BCUT2D eigenvalue weighted by molar-refractivity contribution is 0.141. The molecule has 0 fully saturated rings. The van der Waals surface area contributed by atoms with E-state index in [0.29, 0.717) is 10.9 Å². The van der Waals surface area contributed by atoms with Crippen molar-refractivity contribution in [1.29, 1.82) is 0 Å². The van der Waals surface area contributed by atoms with E-state index < -0.39 is 6.10 Å². The molecule has 1 unspecified atom stereocenters. The molecule has 1 atom stereocenters. The molecule has 0 aliphatic rings. The summed E-state index contributed by atoms with van der Waals surface area (Å²) in [7, 11) is 0. The summed E-state index contributed by atoms with van der Waals surface area (Å²) in [4.78, 5) is 0. The zero-order chi connectivity index (χ0) is 11.3. The highest BCUT2D eigenvalue weighted by molar-refractivity contribution is 6.31. The highest BCUT2D eigenvalue weighted by Gasteiger charge is 2.15. The van der Waals surface area contributed by atoms with Crippen LogP contribution < -0.4 is 0 Å². The van der Waals surface area contributed by atoms with E-state index >= 15 is 0 Å². The molecule has 0 radical (unpaired) electrons. The summed E-state index contributed by atoms with van der Waals surface area (Å²) in [5, 5.41) is 10.7. The predicted molar refractivity (Wildman–Crippen MR) is 65.1 cm³/mol. The summed E-state index contributed by atoms with van der Waals surface area (Å²) >= 11 is 6.03. The molecule has 1 N–H and O–H groups in total. The number of hydrogen-bond acceptors (Lipinski definition) is 1. The van der Waals surface area contributed by atoms with Gasteiger partial charge in [0.05, 0.1) is 6.10 Å². The fraction of sp³-hybridized carbons (Fsp3) is 0.538. The third-order valence-electron chi connectivity index (χ3n) is 2.98. The van der Waals surface area contributed by atoms with Crippen LogP contribution in [0.3, 0.4) is 0 Å². The Morgan fingerprint density at radius 3 is 2.33 bits per heavy atom. The van der Waals surface area contributed by atoms with Crippen LogP contribution in [0.1, 0.15) is 44.8 Å². The van der Waals surface area contributed by atoms with Crippen molar-refractivity contribution in [1.82, 2.24) is 0 Å². The van der Waals surface area contributed by atoms with Gasteiger partial charge < -0.3 is 5.11 Å². The smallest absolute Gasteiger partial charge is 0.0807 e. The molecule has 1 rings (SSSR count). The quantitative estimate of drug-likeness (QED) is 0.798. The van der Waals surface area contributed by atoms with Gasteiger partial charge in [-0.15, -0.1) is 0 Å². The summed E-state index contributed by atoms with van der Waals surface area (Å²) in [6.07, 6.45) is 2.59. The van der Waals surface area contributed by atoms with Gasteiger partial charge in [0.1, 0.15) is 0 Å². The van der Waals surface area contributed by atoms with Gasteiger partial charge in [0, 0.05) is 5.02 Å². The van der Waals surface area contributed by atoms with Gasteiger partial charge >= 0.3 is 0 Å². The van der Waals surface area contributed by atoms with Crippen molar-refractivity contribution in [2.24, 2.45) is 5.92 Å². The van der Waals surface area contributed by atoms with Gasteiger partial charge in [-0.05, 0) is 24.0 Å². The van der Waals surface area contributed by atoms with Crippen LogP contribution in [-0.4, -0.2) is 5.11 Å². The van der Waals surface area contributed by atoms with E-state index in [-0.39, 0.29) is 0 Å². The van der Waals surface area contributed by atoms with E-state index in [2.05, 4.69) is 13.8 Å². The Labute approximate surface area is 97.1 Å². The highest BCUT2D eigenvalue weighted by atomic mass is 35.5. The van der Waals surface area contributed by atoms with E-state index in [9.17, 15) is 5.11 Å². The normalized spacial score (nSPS) is 13.1. The first-order valence-electron chi connectivity index (χ1n) is 5.61. The largest absolute Gasteiger partial charge is 0.388 e. The third kappa shape index (κ3) is 3.51. The van der Waals surface area contributed by atoms with Gasteiger partial charge in [-0.3, -0.25) is 0 Å². The van der Waals surface area contributed by atoms with Crippen LogP contribution in [0.2, 0.25) is 5.02 Å². The summed E-state index contributed by atoms with van der Waals surface area (Å²) in [5.41, 5.74) is 0.853. The minimum Gasteiger partial charge on any atom is -0.388 e. The Kier molecular flexibility index (Phi) is 5.13. The van der Waals surface area contributed by atoms with Gasteiger partial charge in [-0.25, -0.2) is 0 Å². The first kappa shape index (κ1) is 12.5. The Bertz CT molecular complexity index is 294. The van der Waals surface area contributed by atoms with Crippen molar-refractivity contribution < 1.29 is 5.11 Å². The molecule has 0 aliphatic heterocycles. The Hall–Kier alpha value is -0.530. The van der Waals surface area contributed by atoms with Crippen molar-refractivity contribution in [2.75, 3.05) is 0 Å². The lowest BCUT2D eigenvalue weighted by Gasteiger charge is -2.18. The highest BCUT2D eigenvalue weighted by Crippen LogP contribution is 2.29. The average Bonchev–Trinajstić information content (AvgIpc) is 2.26. The molecule has 0 spiro atoms. The Morgan fingerprint density at radius 2 is 1.80 bits per heavy atom. The van der Waals surface area contributed by atoms with E-state index in [0.717, 1.165) is 24.8 Å². The molecule has 0 saturated heterocycles. The average molecular weight is 227 g/mol. The van der Waals surface area contributed by atoms with Crippen molar-refractivity contribution >= 4 is 11.6 Å². The summed E-state index contributed by atoms with van der Waals surface area (Å²) in [5.74, 6) is 0.580. The van der Waals surface area contributed by atoms with Crippen LogP contribution in [-0.2, 0) is 0 Å². The van der Waals surface area contributed by atoms with Crippen molar-refractivity contribution in [3.05, 3.63) is 34.9 Å². The zero-order valence-electron chi connectivity index (χ0n) is 9.41. The van der Waals surface area contributed by atoms with E-state index in [4.69, 9.17) is 11.6 Å². The lowest BCUT2D eigenvalue weighted by atomic mass is 9.93. The maximum absolute atomic E-state index is 10.0. The molecule has 0 amide bonds. The number of rotatable bonds is 5. The van der Waals surface area contributed by atoms with Crippen LogP contribution >= 0.6 is 11.6 Å². The molecule has 0 heterocycles. The standard InChI is InChI=1S/C13H19ClO/c1-3-10(4-2)9-13(15)11-7-5-6-8-12(11)14/h5-8,10,13,15H,3-4,9H2,1-2H3. The monoisotopic (exact) mass is 226 g/mol. The van der Waals surface area contributed by atoms with Gasteiger partial charge in [0.25, 0.3) is 0 Å². The van der Waals surface area contributed by atoms with Crippen LogP contribution in [0, 0.1) is 5.92 Å². The Balaban J connectivity index is 2.68. The SMILES string of the molecule is CCC(CC)CC(O)c1ccccc1Cl. The number of aliphatic hydroxyl groups excluding tert-OH is 1. The molecule has 1 nitrogen and oxygen atoms in total. The summed E-state index contributed by atoms with van der Waals surface area (Å²) in [6, 6.07) is 7.52. The second kappa shape index (κ2) is 6.14. The van der Waals surface area contributed by atoms with Gasteiger partial charge in [-0.1, -0.05) is 56.5 Å². The van der Waals surface area contributed by atoms with Gasteiger partial charge in [0.2, 0.25) is 0 Å². The topological polar surface area (TPSA) is 20.2 Å². The van der Waals surface area contributed by atoms with Crippen molar-refractivity contribution in [3.63, 3.8) is 0 Å². The van der Waals surface area contributed by atoms with Crippen molar-refractivity contribution in [2.45, 2.75) is 39.2 Å². The Morgan fingerprint density at radius 1 is 1.20 bits per heavy atom. The molecule has 15 heavy (non-hydrogen) atoms. The number of halogens is 1. The number of aliphatic hydroxyl groups is 1. The van der Waals surface area contributed by atoms with Gasteiger partial charge in [-0.2, -0.15) is 0 Å². The number of benzene rings is 1. The lowest BCUT2D eigenvalue weighted by Crippen LogP contribution is -2.06. The fourth-order valence-electron chi connectivity index (χ4n) is 1.81. The molecule has 0 bridgehead atoms. The molecule has 0 saturated carbocycles. The second-order valence-corrected chi connectivity index (χ2v) is 4.36. The second-order valence-electron chi connectivity index (χ2n) is 3.96. The minimum absolute atomic E-state index is 0.427. The molecule has 0 aliphatic carbocycles. The molecule has 84 valence electrons. The predicted octanol–water partition coefficient (Wildman–Crippen LogP) is 4.20. The first-order chi connectivity index (χ1) is 7.19. The maximum Gasteiger partial charge on any atom is 0.0807 e. The molecule has 0 aromatic heterocycles. The van der Waals surface area contributed by atoms with E-state index in [1.54, 1.807) is 0 Å². The number of hydrogen-bond donors (Lipinski definition) is 1. The minimum atomic E-state index is -0.427. The summed E-state index contributed by atoms with van der Waals surface area (Å²) in [6.45, 7) is 4.32. The van der Waals surface area contributed by atoms with E-state index in [1.165, 1.54) is 0 Å².